The van der Waals surface area contributed by atoms with E-state index in [1.54, 1.807) is 6.20 Å². The number of piperidine rings is 1. The topological polar surface area (TPSA) is 59.0 Å². The molecule has 1 aromatic heterocycles. The predicted octanol–water partition coefficient (Wildman–Crippen LogP) is 2.29. The van der Waals surface area contributed by atoms with Crippen LogP contribution in [-0.4, -0.2) is 28.8 Å². The molecule has 0 bridgehead atoms. The second-order valence-electron chi connectivity index (χ2n) is 5.41. The van der Waals surface area contributed by atoms with E-state index in [0.29, 0.717) is 0 Å². The second-order valence-corrected chi connectivity index (χ2v) is 5.41. The first-order chi connectivity index (χ1) is 10.3. The van der Waals surface area contributed by atoms with E-state index in [1.807, 2.05) is 41.2 Å². The maximum Gasteiger partial charge on any atom is 0.227 e. The minimum absolute atomic E-state index is 0. The monoisotopic (exact) mass is 320 g/mol. The Kier molecular flexibility index (Phi) is 5.98. The van der Waals surface area contributed by atoms with E-state index in [0.717, 1.165) is 38.2 Å². The maximum absolute atomic E-state index is 12.2. The Morgan fingerprint density at radius 2 is 2.00 bits per heavy atom. The molecule has 0 saturated carbocycles. The van der Waals surface area contributed by atoms with Crippen molar-refractivity contribution in [2.45, 2.75) is 19.4 Å². The van der Waals surface area contributed by atoms with E-state index in [2.05, 4.69) is 15.7 Å². The van der Waals surface area contributed by atoms with Crippen LogP contribution in [0.1, 0.15) is 18.4 Å². The summed E-state index contributed by atoms with van der Waals surface area (Å²) in [5.74, 6) is 0.270. The number of carbonyl (C=O) groups excluding carboxylic acids is 1. The normalized spacial score (nSPS) is 15.1. The molecule has 6 heteroatoms. The number of amides is 1. The molecule has 0 radical (unpaired) electrons. The van der Waals surface area contributed by atoms with Gasteiger partial charge in [-0.15, -0.1) is 12.4 Å². The van der Waals surface area contributed by atoms with Crippen LogP contribution >= 0.6 is 12.4 Å². The van der Waals surface area contributed by atoms with Gasteiger partial charge in [0.1, 0.15) is 0 Å². The molecule has 2 aromatic rings. The molecule has 3 rings (SSSR count). The number of carbonyl (C=O) groups is 1. The Balaban J connectivity index is 0.00000176. The third kappa shape index (κ3) is 4.32. The Morgan fingerprint density at radius 1 is 1.27 bits per heavy atom. The molecule has 0 unspecified atom stereocenters. The summed E-state index contributed by atoms with van der Waals surface area (Å²) in [5, 5.41) is 10.5. The van der Waals surface area contributed by atoms with Gasteiger partial charge in [0.15, 0.2) is 0 Å². The van der Waals surface area contributed by atoms with E-state index in [9.17, 15) is 4.79 Å². The highest BCUT2D eigenvalue weighted by atomic mass is 35.5. The molecule has 2 N–H and O–H groups in total. The van der Waals surface area contributed by atoms with Gasteiger partial charge in [-0.05, 0) is 49.7 Å². The van der Waals surface area contributed by atoms with Crippen LogP contribution in [0.5, 0.6) is 0 Å². The first kappa shape index (κ1) is 16.5. The van der Waals surface area contributed by atoms with Gasteiger partial charge in [0.05, 0.1) is 6.54 Å². The highest BCUT2D eigenvalue weighted by Gasteiger charge is 2.20. The van der Waals surface area contributed by atoms with E-state index in [-0.39, 0.29) is 24.2 Å². The average molecular weight is 321 g/mol. The van der Waals surface area contributed by atoms with Crippen LogP contribution in [0.2, 0.25) is 0 Å². The molecule has 0 aliphatic carbocycles. The van der Waals surface area contributed by atoms with Crippen molar-refractivity contribution in [2.24, 2.45) is 5.92 Å². The molecular formula is C16H21ClN4O. The Labute approximate surface area is 136 Å². The summed E-state index contributed by atoms with van der Waals surface area (Å²) in [6, 6.07) is 9.88. The zero-order valence-electron chi connectivity index (χ0n) is 12.4. The Bertz CT molecular complexity index is 577. The van der Waals surface area contributed by atoms with Crippen LogP contribution in [-0.2, 0) is 11.3 Å². The van der Waals surface area contributed by atoms with E-state index >= 15 is 0 Å². The van der Waals surface area contributed by atoms with Gasteiger partial charge in [0.2, 0.25) is 5.91 Å². The third-order valence-corrected chi connectivity index (χ3v) is 3.84. The molecular weight excluding hydrogens is 300 g/mol. The number of nitrogens with one attached hydrogen (secondary N) is 2. The molecule has 22 heavy (non-hydrogen) atoms. The SMILES string of the molecule is Cl.O=C(Nc1ccc(Cn2cccn2)cc1)C1CCNCC1. The summed E-state index contributed by atoms with van der Waals surface area (Å²) in [4.78, 5) is 12.2. The summed E-state index contributed by atoms with van der Waals surface area (Å²) < 4.78 is 1.88. The maximum atomic E-state index is 12.2. The van der Waals surface area contributed by atoms with Gasteiger partial charge in [-0.2, -0.15) is 5.10 Å². The lowest BCUT2D eigenvalue weighted by Gasteiger charge is -2.21. The van der Waals surface area contributed by atoms with Crippen molar-refractivity contribution < 1.29 is 4.79 Å². The minimum Gasteiger partial charge on any atom is -0.326 e. The molecule has 1 aliphatic rings. The van der Waals surface area contributed by atoms with Gasteiger partial charge in [-0.1, -0.05) is 12.1 Å². The highest BCUT2D eigenvalue weighted by molar-refractivity contribution is 5.92. The van der Waals surface area contributed by atoms with Crippen molar-refractivity contribution in [1.29, 1.82) is 0 Å². The lowest BCUT2D eigenvalue weighted by Crippen LogP contribution is -2.34. The summed E-state index contributed by atoms with van der Waals surface area (Å²) in [6.45, 7) is 2.61. The number of halogens is 1. The molecule has 1 aliphatic heterocycles. The van der Waals surface area contributed by atoms with Crippen molar-refractivity contribution in [3.8, 4) is 0 Å². The first-order valence-corrected chi connectivity index (χ1v) is 7.39. The number of hydrogen-bond donors (Lipinski definition) is 2. The average Bonchev–Trinajstić information content (AvgIpc) is 3.03. The van der Waals surface area contributed by atoms with Crippen LogP contribution in [0.3, 0.4) is 0 Å². The molecule has 118 valence electrons. The quantitative estimate of drug-likeness (QED) is 0.908. The van der Waals surface area contributed by atoms with Gasteiger partial charge in [-0.3, -0.25) is 9.48 Å². The summed E-state index contributed by atoms with van der Waals surface area (Å²) in [7, 11) is 0. The molecule has 1 saturated heterocycles. The van der Waals surface area contributed by atoms with Gasteiger partial charge in [0, 0.05) is 24.0 Å². The van der Waals surface area contributed by atoms with E-state index in [4.69, 9.17) is 0 Å². The standard InChI is InChI=1S/C16H20N4O.ClH/c21-16(14-6-9-17-10-7-14)19-15-4-2-13(3-5-15)12-20-11-1-8-18-20;/h1-5,8,11,14,17H,6-7,9-10,12H2,(H,19,21);1H. The zero-order chi connectivity index (χ0) is 14.5. The van der Waals surface area contributed by atoms with Crippen molar-refractivity contribution in [2.75, 3.05) is 18.4 Å². The van der Waals surface area contributed by atoms with Crippen molar-refractivity contribution in [1.82, 2.24) is 15.1 Å². The summed E-state index contributed by atoms with van der Waals surface area (Å²) in [6.07, 6.45) is 5.55. The van der Waals surface area contributed by atoms with Crippen molar-refractivity contribution in [3.05, 3.63) is 48.3 Å². The summed E-state index contributed by atoms with van der Waals surface area (Å²) >= 11 is 0. The molecule has 5 nitrogen and oxygen atoms in total. The van der Waals surface area contributed by atoms with Crippen LogP contribution in [0, 0.1) is 5.92 Å². The van der Waals surface area contributed by atoms with E-state index < -0.39 is 0 Å². The Morgan fingerprint density at radius 3 is 2.64 bits per heavy atom. The number of aromatic nitrogens is 2. The van der Waals surface area contributed by atoms with Crippen LogP contribution < -0.4 is 10.6 Å². The number of nitrogens with zero attached hydrogens (tertiary/aromatic N) is 2. The largest absolute Gasteiger partial charge is 0.326 e. The number of anilines is 1. The number of rotatable bonds is 4. The molecule has 1 fully saturated rings. The lowest BCUT2D eigenvalue weighted by molar-refractivity contribution is -0.120. The molecule has 1 aromatic carbocycles. The van der Waals surface area contributed by atoms with Gasteiger partial charge in [-0.25, -0.2) is 0 Å². The number of hydrogen-bond acceptors (Lipinski definition) is 3. The van der Waals surface area contributed by atoms with E-state index in [1.165, 1.54) is 5.56 Å². The Hall–Kier alpha value is -1.85. The van der Waals surface area contributed by atoms with Crippen molar-refractivity contribution in [3.63, 3.8) is 0 Å². The fraction of sp³-hybridized carbons (Fsp3) is 0.375. The molecule has 0 spiro atoms. The smallest absolute Gasteiger partial charge is 0.227 e. The fourth-order valence-corrected chi connectivity index (χ4v) is 2.60. The minimum atomic E-state index is 0. The zero-order valence-corrected chi connectivity index (χ0v) is 13.2. The second kappa shape index (κ2) is 7.96. The summed E-state index contributed by atoms with van der Waals surface area (Å²) in [5.41, 5.74) is 2.03. The first-order valence-electron chi connectivity index (χ1n) is 7.39. The molecule has 1 amide bonds. The fourth-order valence-electron chi connectivity index (χ4n) is 2.60. The number of benzene rings is 1. The van der Waals surface area contributed by atoms with Crippen LogP contribution in [0.25, 0.3) is 0 Å². The van der Waals surface area contributed by atoms with Crippen LogP contribution in [0.4, 0.5) is 5.69 Å². The van der Waals surface area contributed by atoms with Crippen LogP contribution in [0.15, 0.2) is 42.7 Å². The van der Waals surface area contributed by atoms with Gasteiger partial charge >= 0.3 is 0 Å². The third-order valence-electron chi connectivity index (χ3n) is 3.84. The van der Waals surface area contributed by atoms with Gasteiger partial charge in [0.25, 0.3) is 0 Å². The van der Waals surface area contributed by atoms with Crippen molar-refractivity contribution >= 4 is 24.0 Å². The highest BCUT2D eigenvalue weighted by Crippen LogP contribution is 2.16. The molecule has 2 heterocycles. The molecule has 0 atom stereocenters. The lowest BCUT2D eigenvalue weighted by atomic mass is 9.97. The van der Waals surface area contributed by atoms with Gasteiger partial charge < -0.3 is 10.6 Å². The predicted molar refractivity (Wildman–Crippen MR) is 89.2 cm³/mol.